The lowest BCUT2D eigenvalue weighted by atomic mass is 10.0. The van der Waals surface area contributed by atoms with E-state index in [0.717, 1.165) is 24.3 Å². The molecule has 0 spiro atoms. The molecule has 35 heavy (non-hydrogen) atoms. The number of rotatable bonds is 4. The number of pyridine rings is 2. The van der Waals surface area contributed by atoms with Gasteiger partial charge < -0.3 is 15.4 Å². The van der Waals surface area contributed by atoms with Crippen LogP contribution in [0.2, 0.25) is 5.15 Å². The molecule has 2 aromatic heterocycles. The molecule has 4 aromatic rings. The van der Waals surface area contributed by atoms with E-state index in [1.54, 1.807) is 25.2 Å². The number of nitrogens with one attached hydrogen (secondary N) is 1. The lowest BCUT2D eigenvalue weighted by molar-refractivity contribution is -0.120. The Morgan fingerprint density at radius 3 is 2.63 bits per heavy atom. The van der Waals surface area contributed by atoms with Crippen LogP contribution in [-0.2, 0) is 14.8 Å². The molecule has 0 bridgehead atoms. The van der Waals surface area contributed by atoms with Crippen LogP contribution < -0.4 is 20.1 Å². The van der Waals surface area contributed by atoms with Crippen LogP contribution in [-0.4, -0.2) is 37.9 Å². The van der Waals surface area contributed by atoms with E-state index in [0.29, 0.717) is 33.5 Å². The lowest BCUT2D eigenvalue weighted by Gasteiger charge is -2.27. The highest BCUT2D eigenvalue weighted by Crippen LogP contribution is 2.42. The molecule has 0 saturated carbocycles. The molecule has 12 heteroatoms. The van der Waals surface area contributed by atoms with Crippen LogP contribution in [0.25, 0.3) is 22.0 Å². The van der Waals surface area contributed by atoms with Crippen molar-refractivity contribution < 1.29 is 22.3 Å². The van der Waals surface area contributed by atoms with Gasteiger partial charge in [0.1, 0.15) is 11.5 Å². The molecular formula is C23H17ClFN5O4S. The summed E-state index contributed by atoms with van der Waals surface area (Å²) in [6.45, 7) is -0.135. The second kappa shape index (κ2) is 8.36. The third kappa shape index (κ3) is 4.08. The second-order valence-electron chi connectivity index (χ2n) is 7.77. The van der Waals surface area contributed by atoms with Crippen LogP contribution in [0.3, 0.4) is 0 Å². The third-order valence-corrected chi connectivity index (χ3v) is 7.21. The summed E-state index contributed by atoms with van der Waals surface area (Å²) < 4.78 is 46.8. The van der Waals surface area contributed by atoms with Gasteiger partial charge in [-0.3, -0.25) is 9.52 Å². The van der Waals surface area contributed by atoms with Crippen molar-refractivity contribution in [1.29, 1.82) is 0 Å². The molecule has 5 rings (SSSR count). The number of carbonyl (C=O) groups is 1. The van der Waals surface area contributed by atoms with Gasteiger partial charge in [0.15, 0.2) is 23.3 Å². The molecule has 1 aliphatic heterocycles. The number of fused-ring (bicyclic) bond motifs is 3. The number of hydrogen-bond acceptors (Lipinski definition) is 7. The van der Waals surface area contributed by atoms with Gasteiger partial charge in [-0.15, -0.1) is 0 Å². The molecule has 3 N–H and O–H groups in total. The van der Waals surface area contributed by atoms with Crippen molar-refractivity contribution in [3.63, 3.8) is 0 Å². The Morgan fingerprint density at radius 1 is 1.14 bits per heavy atom. The first-order valence-electron chi connectivity index (χ1n) is 10.2. The van der Waals surface area contributed by atoms with Gasteiger partial charge in [-0.25, -0.2) is 22.8 Å². The first-order chi connectivity index (χ1) is 16.6. The lowest BCUT2D eigenvalue weighted by Crippen LogP contribution is -2.36. The smallest absolute Gasteiger partial charge is 0.264 e. The maximum Gasteiger partial charge on any atom is 0.264 e. The largest absolute Gasteiger partial charge is 0.481 e. The SMILES string of the molecule is CN1C(=O)COc2c1c(N)nc1ccc(-c3cnc(Cl)c(NS(=O)(=O)c4ccc(F)cc4)c3)cc21. The second-order valence-corrected chi connectivity index (χ2v) is 9.81. The number of nitrogens with two attached hydrogens (primary N) is 1. The molecule has 0 radical (unpaired) electrons. The van der Waals surface area contributed by atoms with Gasteiger partial charge >= 0.3 is 0 Å². The van der Waals surface area contributed by atoms with Gasteiger partial charge in [-0.2, -0.15) is 0 Å². The standard InChI is InChI=1S/C23H17ClFN5O4S/c1-30-19(31)11-34-21-16-8-12(2-7-17(16)28-23(26)20(21)30)13-9-18(22(24)27-10-13)29-35(32,33)15-5-3-14(25)4-6-15/h2-10,29H,11H2,1H3,(H2,26,28). The molecular weight excluding hydrogens is 497 g/mol. The Hall–Kier alpha value is -3.96. The van der Waals surface area contributed by atoms with E-state index in [9.17, 15) is 17.6 Å². The van der Waals surface area contributed by atoms with Crippen molar-refractivity contribution in [2.45, 2.75) is 4.90 Å². The number of amides is 1. The van der Waals surface area contributed by atoms with Gasteiger partial charge in [-0.1, -0.05) is 17.7 Å². The van der Waals surface area contributed by atoms with Crippen molar-refractivity contribution in [3.8, 4) is 16.9 Å². The van der Waals surface area contributed by atoms with Crippen LogP contribution in [0.1, 0.15) is 0 Å². The van der Waals surface area contributed by atoms with Crippen LogP contribution in [0.4, 0.5) is 21.6 Å². The number of likely N-dealkylation sites (N-methyl/N-ethyl adjacent to an activating group) is 1. The quantitative estimate of drug-likeness (QED) is 0.397. The number of aromatic nitrogens is 2. The van der Waals surface area contributed by atoms with Crippen LogP contribution in [0.15, 0.2) is 59.6 Å². The average molecular weight is 514 g/mol. The molecule has 9 nitrogen and oxygen atoms in total. The monoisotopic (exact) mass is 513 g/mol. The Bertz CT molecular complexity index is 1610. The fourth-order valence-corrected chi connectivity index (χ4v) is 5.01. The summed E-state index contributed by atoms with van der Waals surface area (Å²) in [6, 6.07) is 11.2. The topological polar surface area (TPSA) is 128 Å². The normalized spacial score (nSPS) is 13.5. The number of anilines is 3. The molecule has 0 atom stereocenters. The maximum atomic E-state index is 13.2. The Balaban J connectivity index is 1.57. The number of carbonyl (C=O) groups excluding carboxylic acids is 1. The average Bonchev–Trinajstić information content (AvgIpc) is 2.82. The van der Waals surface area contributed by atoms with Crippen LogP contribution >= 0.6 is 11.6 Å². The zero-order chi connectivity index (χ0) is 24.9. The van der Waals surface area contributed by atoms with Gasteiger partial charge in [0.2, 0.25) is 0 Å². The van der Waals surface area contributed by atoms with E-state index >= 15 is 0 Å². The first-order valence-corrected chi connectivity index (χ1v) is 12.1. The fourth-order valence-electron chi connectivity index (χ4n) is 3.74. The number of ether oxygens (including phenoxy) is 1. The number of hydrogen-bond donors (Lipinski definition) is 2. The van der Waals surface area contributed by atoms with E-state index in [-0.39, 0.29) is 34.1 Å². The molecule has 0 fully saturated rings. The molecule has 0 saturated heterocycles. The van der Waals surface area contributed by atoms with Crippen LogP contribution in [0, 0.1) is 5.82 Å². The minimum absolute atomic E-state index is 0.0487. The van der Waals surface area contributed by atoms with Gasteiger partial charge in [0, 0.05) is 24.2 Å². The first kappa shape index (κ1) is 22.8. The van der Waals surface area contributed by atoms with E-state index < -0.39 is 15.8 Å². The summed E-state index contributed by atoms with van der Waals surface area (Å²) >= 11 is 6.16. The van der Waals surface area contributed by atoms with Crippen molar-refractivity contribution in [2.24, 2.45) is 0 Å². The molecule has 1 aliphatic rings. The molecule has 178 valence electrons. The van der Waals surface area contributed by atoms with Crippen molar-refractivity contribution in [2.75, 3.05) is 29.0 Å². The number of nitrogen functional groups attached to an aromatic ring is 1. The summed E-state index contributed by atoms with van der Waals surface area (Å²) in [7, 11) is -2.44. The predicted octanol–water partition coefficient (Wildman–Crippen LogP) is 3.83. The third-order valence-electron chi connectivity index (χ3n) is 5.53. The summed E-state index contributed by atoms with van der Waals surface area (Å²) in [5.74, 6) is -0.210. The predicted molar refractivity (Wildman–Crippen MR) is 131 cm³/mol. The maximum absolute atomic E-state index is 13.2. The van der Waals surface area contributed by atoms with Gasteiger partial charge in [0.05, 0.1) is 16.1 Å². The van der Waals surface area contributed by atoms with E-state index in [1.807, 2.05) is 0 Å². The summed E-state index contributed by atoms with van der Waals surface area (Å²) in [5.41, 5.74) is 8.28. The van der Waals surface area contributed by atoms with Crippen molar-refractivity contribution in [3.05, 3.63) is 65.7 Å². The fraction of sp³-hybridized carbons (Fsp3) is 0.0870. The molecule has 0 aliphatic carbocycles. The van der Waals surface area contributed by atoms with E-state index in [4.69, 9.17) is 22.1 Å². The minimum Gasteiger partial charge on any atom is -0.481 e. The number of sulfonamides is 1. The van der Waals surface area contributed by atoms with Gasteiger partial charge in [0.25, 0.3) is 15.9 Å². The molecule has 3 heterocycles. The highest BCUT2D eigenvalue weighted by atomic mass is 35.5. The number of benzene rings is 2. The molecule has 2 aromatic carbocycles. The van der Waals surface area contributed by atoms with Crippen molar-refractivity contribution in [1.82, 2.24) is 9.97 Å². The summed E-state index contributed by atoms with van der Waals surface area (Å²) in [6.07, 6.45) is 1.49. The summed E-state index contributed by atoms with van der Waals surface area (Å²) in [4.78, 5) is 21.8. The van der Waals surface area contributed by atoms with Crippen LogP contribution in [0.5, 0.6) is 5.75 Å². The number of nitrogens with zero attached hydrogens (tertiary/aromatic N) is 3. The minimum atomic E-state index is -4.04. The highest BCUT2D eigenvalue weighted by Gasteiger charge is 2.28. The Morgan fingerprint density at radius 2 is 1.89 bits per heavy atom. The van der Waals surface area contributed by atoms with Crippen molar-refractivity contribution >= 4 is 55.6 Å². The molecule has 1 amide bonds. The Labute approximate surface area is 204 Å². The zero-order valence-electron chi connectivity index (χ0n) is 18.1. The highest BCUT2D eigenvalue weighted by molar-refractivity contribution is 7.92. The zero-order valence-corrected chi connectivity index (χ0v) is 19.7. The summed E-state index contributed by atoms with van der Waals surface area (Å²) in [5, 5.41) is 0.560. The van der Waals surface area contributed by atoms with E-state index in [2.05, 4.69) is 14.7 Å². The molecule has 0 unspecified atom stereocenters. The van der Waals surface area contributed by atoms with E-state index in [1.165, 1.54) is 17.2 Å². The Kier molecular flexibility index (Phi) is 5.45. The number of halogens is 2. The van der Waals surface area contributed by atoms with Gasteiger partial charge in [-0.05, 0) is 48.0 Å².